The van der Waals surface area contributed by atoms with E-state index in [1.165, 1.54) is 0 Å². The Labute approximate surface area is 147 Å². The summed E-state index contributed by atoms with van der Waals surface area (Å²) in [6, 6.07) is 11.5. The summed E-state index contributed by atoms with van der Waals surface area (Å²) in [5.74, 6) is 0.198. The second-order valence-corrected chi connectivity index (χ2v) is 6.17. The summed E-state index contributed by atoms with van der Waals surface area (Å²) in [6.07, 6.45) is 2.33. The highest BCUT2D eigenvalue weighted by molar-refractivity contribution is 6.11. The molecular weight excluding hydrogens is 328 g/mol. The van der Waals surface area contributed by atoms with Gasteiger partial charge in [-0.2, -0.15) is 0 Å². The third-order valence-electron chi connectivity index (χ3n) is 4.65. The number of aliphatic hydroxyl groups is 1. The second-order valence-electron chi connectivity index (χ2n) is 6.17. The van der Waals surface area contributed by atoms with Crippen LogP contribution >= 0.6 is 0 Å². The molecule has 3 N–H and O–H groups in total. The lowest BCUT2D eigenvalue weighted by Crippen LogP contribution is -2.04. The molecule has 2 heterocycles. The Balaban J connectivity index is 1.90. The standard InChI is InChI=1S/C19H14N6O/c1-10-8-9-15(26)17(12-5-3-7-14-19(12)23-25-21-14)16(10)11-4-2-6-13-18(11)22-24-20-13/h2-7,9,26H,1,8H2,(H,20,22,24)(H,21,23,25). The first kappa shape index (κ1) is 14.6. The number of rotatable bonds is 2. The SMILES string of the molecule is C=C1CC=C(O)C(c2cccc3[nH]nnc23)=C1c1cccc2[nH]nnc12. The molecule has 7 heteroatoms. The van der Waals surface area contributed by atoms with E-state index < -0.39 is 0 Å². The van der Waals surface area contributed by atoms with Gasteiger partial charge in [-0.3, -0.25) is 10.2 Å². The van der Waals surface area contributed by atoms with E-state index in [0.29, 0.717) is 17.5 Å². The topological polar surface area (TPSA) is 103 Å². The van der Waals surface area contributed by atoms with Crippen LogP contribution in [-0.4, -0.2) is 35.9 Å². The van der Waals surface area contributed by atoms with Crippen LogP contribution in [0.3, 0.4) is 0 Å². The van der Waals surface area contributed by atoms with Crippen molar-refractivity contribution in [3.05, 3.63) is 71.5 Å². The minimum atomic E-state index is 0.198. The molecule has 26 heavy (non-hydrogen) atoms. The largest absolute Gasteiger partial charge is 0.508 e. The lowest BCUT2D eigenvalue weighted by molar-refractivity contribution is 0.435. The van der Waals surface area contributed by atoms with Gasteiger partial charge in [-0.1, -0.05) is 41.3 Å². The summed E-state index contributed by atoms with van der Waals surface area (Å²) in [5.41, 5.74) is 7.15. The van der Waals surface area contributed by atoms with E-state index in [0.717, 1.165) is 38.8 Å². The highest BCUT2D eigenvalue weighted by atomic mass is 16.3. The molecule has 0 spiro atoms. The van der Waals surface area contributed by atoms with Crippen LogP contribution in [-0.2, 0) is 0 Å². The molecule has 1 aliphatic rings. The molecule has 0 unspecified atom stereocenters. The van der Waals surface area contributed by atoms with E-state index in [1.54, 1.807) is 6.08 Å². The van der Waals surface area contributed by atoms with Crippen molar-refractivity contribution in [2.24, 2.45) is 0 Å². The summed E-state index contributed by atoms with van der Waals surface area (Å²) in [7, 11) is 0. The Hall–Kier alpha value is -3.74. The quantitative estimate of drug-likeness (QED) is 0.517. The molecule has 0 atom stereocenters. The summed E-state index contributed by atoms with van der Waals surface area (Å²) >= 11 is 0. The molecule has 2 aromatic carbocycles. The van der Waals surface area contributed by atoms with Crippen LogP contribution in [0.2, 0.25) is 0 Å². The Bertz CT molecular complexity index is 1170. The van der Waals surface area contributed by atoms with Gasteiger partial charge >= 0.3 is 0 Å². The summed E-state index contributed by atoms with van der Waals surface area (Å²) in [6.45, 7) is 4.23. The lowest BCUT2D eigenvalue weighted by Gasteiger charge is -2.22. The van der Waals surface area contributed by atoms with Gasteiger partial charge in [0, 0.05) is 16.7 Å². The first-order valence-corrected chi connectivity index (χ1v) is 8.16. The van der Waals surface area contributed by atoms with Gasteiger partial charge in [0.05, 0.1) is 11.0 Å². The van der Waals surface area contributed by atoms with Crippen LogP contribution in [0.1, 0.15) is 17.5 Å². The van der Waals surface area contributed by atoms with E-state index in [1.807, 2.05) is 36.4 Å². The maximum Gasteiger partial charge on any atom is 0.120 e. The number of benzene rings is 2. The Morgan fingerprint density at radius 3 is 2.04 bits per heavy atom. The zero-order chi connectivity index (χ0) is 17.7. The Morgan fingerprint density at radius 1 is 0.846 bits per heavy atom. The van der Waals surface area contributed by atoms with E-state index in [-0.39, 0.29) is 5.76 Å². The lowest BCUT2D eigenvalue weighted by atomic mass is 9.83. The number of allylic oxidation sites excluding steroid dienone is 4. The predicted molar refractivity (Wildman–Crippen MR) is 99.1 cm³/mol. The molecule has 0 aliphatic heterocycles. The third kappa shape index (κ3) is 2.00. The number of aromatic amines is 2. The van der Waals surface area contributed by atoms with Crippen LogP contribution < -0.4 is 0 Å². The molecule has 1 aliphatic carbocycles. The number of aliphatic hydroxyl groups excluding tert-OH is 1. The maximum absolute atomic E-state index is 10.8. The zero-order valence-corrected chi connectivity index (χ0v) is 13.7. The highest BCUT2D eigenvalue weighted by Crippen LogP contribution is 2.43. The summed E-state index contributed by atoms with van der Waals surface area (Å²) < 4.78 is 0. The number of fused-ring (bicyclic) bond motifs is 2. The first-order valence-electron chi connectivity index (χ1n) is 8.16. The van der Waals surface area contributed by atoms with Gasteiger partial charge in [0.15, 0.2) is 0 Å². The first-order chi connectivity index (χ1) is 12.7. The predicted octanol–water partition coefficient (Wildman–Crippen LogP) is 3.54. The second kappa shape index (κ2) is 5.38. The summed E-state index contributed by atoms with van der Waals surface area (Å²) in [5, 5.41) is 32.7. The molecule has 2 aromatic heterocycles. The Kier molecular flexibility index (Phi) is 3.02. The minimum absolute atomic E-state index is 0.198. The molecule has 5 rings (SSSR count). The van der Waals surface area contributed by atoms with Crippen molar-refractivity contribution in [1.29, 1.82) is 0 Å². The van der Waals surface area contributed by atoms with Crippen molar-refractivity contribution < 1.29 is 5.11 Å². The molecule has 0 radical (unpaired) electrons. The number of H-pyrrole nitrogens is 2. The molecule has 7 nitrogen and oxygen atoms in total. The minimum Gasteiger partial charge on any atom is -0.508 e. The number of aromatic nitrogens is 6. The van der Waals surface area contributed by atoms with Crippen LogP contribution in [0, 0.1) is 0 Å². The van der Waals surface area contributed by atoms with Crippen molar-refractivity contribution in [3.63, 3.8) is 0 Å². The van der Waals surface area contributed by atoms with Crippen LogP contribution in [0.25, 0.3) is 33.2 Å². The fourth-order valence-electron chi connectivity index (χ4n) is 3.47. The molecular formula is C19H14N6O. The van der Waals surface area contributed by atoms with Gasteiger partial charge in [-0.25, -0.2) is 0 Å². The van der Waals surface area contributed by atoms with Gasteiger partial charge in [0.2, 0.25) is 0 Å². The van der Waals surface area contributed by atoms with E-state index >= 15 is 0 Å². The number of nitrogens with one attached hydrogen (secondary N) is 2. The summed E-state index contributed by atoms with van der Waals surface area (Å²) in [4.78, 5) is 0. The molecule has 0 amide bonds. The smallest absolute Gasteiger partial charge is 0.120 e. The zero-order valence-electron chi connectivity index (χ0n) is 13.7. The van der Waals surface area contributed by atoms with Crippen LogP contribution in [0.4, 0.5) is 0 Å². The van der Waals surface area contributed by atoms with Crippen molar-refractivity contribution >= 4 is 33.2 Å². The Morgan fingerprint density at radius 2 is 1.42 bits per heavy atom. The van der Waals surface area contributed by atoms with Gasteiger partial charge in [0.25, 0.3) is 0 Å². The molecule has 0 bridgehead atoms. The van der Waals surface area contributed by atoms with Gasteiger partial charge in [0.1, 0.15) is 16.8 Å². The fraction of sp³-hybridized carbons (Fsp3) is 0.0526. The monoisotopic (exact) mass is 342 g/mol. The number of hydrogen-bond donors (Lipinski definition) is 3. The molecule has 126 valence electrons. The van der Waals surface area contributed by atoms with E-state index in [4.69, 9.17) is 0 Å². The van der Waals surface area contributed by atoms with Gasteiger partial charge in [-0.15, -0.1) is 10.2 Å². The fourth-order valence-corrected chi connectivity index (χ4v) is 3.47. The molecule has 0 fully saturated rings. The third-order valence-corrected chi connectivity index (χ3v) is 4.65. The average Bonchev–Trinajstić information content (AvgIpc) is 3.31. The number of hydrogen-bond acceptors (Lipinski definition) is 5. The molecule has 4 aromatic rings. The van der Waals surface area contributed by atoms with Gasteiger partial charge in [-0.05, 0) is 35.8 Å². The van der Waals surface area contributed by atoms with Crippen molar-refractivity contribution in [3.8, 4) is 0 Å². The van der Waals surface area contributed by atoms with Crippen molar-refractivity contribution in [2.75, 3.05) is 0 Å². The van der Waals surface area contributed by atoms with Crippen molar-refractivity contribution in [1.82, 2.24) is 30.8 Å². The normalized spacial score (nSPS) is 15.1. The van der Waals surface area contributed by atoms with Crippen LogP contribution in [0.15, 0.2) is 60.4 Å². The van der Waals surface area contributed by atoms with Crippen LogP contribution in [0.5, 0.6) is 0 Å². The van der Waals surface area contributed by atoms with Crippen molar-refractivity contribution in [2.45, 2.75) is 6.42 Å². The van der Waals surface area contributed by atoms with E-state index in [9.17, 15) is 5.11 Å². The van der Waals surface area contributed by atoms with E-state index in [2.05, 4.69) is 37.4 Å². The average molecular weight is 342 g/mol. The maximum atomic E-state index is 10.8. The highest BCUT2D eigenvalue weighted by Gasteiger charge is 2.25. The van der Waals surface area contributed by atoms with Gasteiger partial charge < -0.3 is 5.11 Å². The molecule has 0 saturated carbocycles. The molecule has 0 saturated heterocycles. The number of nitrogens with zero attached hydrogens (tertiary/aromatic N) is 4.